The summed E-state index contributed by atoms with van der Waals surface area (Å²) in [5, 5.41) is 2.76. The van der Waals surface area contributed by atoms with E-state index in [0.717, 1.165) is 5.69 Å². The van der Waals surface area contributed by atoms with Crippen molar-refractivity contribution in [2.45, 2.75) is 19.2 Å². The van der Waals surface area contributed by atoms with Crippen molar-refractivity contribution in [3.63, 3.8) is 0 Å². The number of hydrogen-bond donors (Lipinski definition) is 1. The molecule has 29 heavy (non-hydrogen) atoms. The van der Waals surface area contributed by atoms with Gasteiger partial charge in [-0.1, -0.05) is 0 Å². The number of benzene rings is 2. The normalized spacial score (nSPS) is 16.1. The number of amides is 2. The molecule has 0 radical (unpaired) electrons. The van der Waals surface area contributed by atoms with E-state index in [2.05, 4.69) is 10.1 Å². The molecule has 0 saturated heterocycles. The average Bonchev–Trinajstić information content (AvgIpc) is 2.65. The molecule has 152 valence electrons. The minimum atomic E-state index is -4.76. The minimum absolute atomic E-state index is 0.162. The zero-order chi connectivity index (χ0) is 20.8. The van der Waals surface area contributed by atoms with Crippen LogP contribution in [0.5, 0.6) is 5.75 Å². The van der Waals surface area contributed by atoms with Crippen molar-refractivity contribution in [2.24, 2.45) is 0 Å². The lowest BCUT2D eigenvalue weighted by Crippen LogP contribution is -2.37. The van der Waals surface area contributed by atoms with E-state index in [9.17, 15) is 22.8 Å². The number of likely N-dealkylation sites (N-methyl/N-ethyl adjacent to an activating group) is 1. The van der Waals surface area contributed by atoms with Gasteiger partial charge in [0, 0.05) is 24.8 Å². The van der Waals surface area contributed by atoms with Crippen molar-refractivity contribution in [3.05, 3.63) is 47.5 Å². The lowest BCUT2D eigenvalue weighted by Gasteiger charge is -2.31. The summed E-state index contributed by atoms with van der Waals surface area (Å²) < 4.78 is 41.4. The third-order valence-electron chi connectivity index (χ3n) is 4.96. The summed E-state index contributed by atoms with van der Waals surface area (Å²) in [7, 11) is 1.79. The molecular formula is C20H18F3N3O3. The van der Waals surface area contributed by atoms with Crippen molar-refractivity contribution in [1.29, 1.82) is 0 Å². The van der Waals surface area contributed by atoms with E-state index in [1.54, 1.807) is 35.0 Å². The van der Waals surface area contributed by atoms with E-state index in [1.807, 2.05) is 0 Å². The Morgan fingerprint density at radius 2 is 1.90 bits per heavy atom. The standard InChI is InChI=1S/C20H18F3N3O3/c1-25-11-18(27)24-15-10-13(4-6-17(15)25)19(28)26-8-2-3-12-9-14(5-7-16(12)26)29-20(21,22)23/h4-7,9-10H,2-3,8,11H2,1H3,(H,24,27). The molecule has 0 bridgehead atoms. The predicted molar refractivity (Wildman–Crippen MR) is 101 cm³/mol. The highest BCUT2D eigenvalue weighted by Gasteiger charge is 2.32. The van der Waals surface area contributed by atoms with Crippen LogP contribution < -0.4 is 19.9 Å². The van der Waals surface area contributed by atoms with Crippen LogP contribution in [0.1, 0.15) is 22.3 Å². The average molecular weight is 405 g/mol. The van der Waals surface area contributed by atoms with Gasteiger partial charge in [-0.05, 0) is 54.8 Å². The number of rotatable bonds is 2. The van der Waals surface area contributed by atoms with Gasteiger partial charge >= 0.3 is 6.36 Å². The Morgan fingerprint density at radius 1 is 1.14 bits per heavy atom. The van der Waals surface area contributed by atoms with E-state index in [1.165, 1.54) is 18.2 Å². The van der Waals surface area contributed by atoms with Crippen LogP contribution in [-0.4, -0.2) is 38.3 Å². The molecule has 0 fully saturated rings. The van der Waals surface area contributed by atoms with Crippen LogP contribution in [0.2, 0.25) is 0 Å². The number of carbonyl (C=O) groups is 2. The molecule has 2 aromatic carbocycles. The number of carbonyl (C=O) groups excluding carboxylic acids is 2. The Hall–Kier alpha value is -3.23. The lowest BCUT2D eigenvalue weighted by molar-refractivity contribution is -0.274. The smallest absolute Gasteiger partial charge is 0.406 e. The molecule has 2 heterocycles. The van der Waals surface area contributed by atoms with E-state index in [4.69, 9.17) is 0 Å². The Labute approximate surface area is 164 Å². The summed E-state index contributed by atoms with van der Waals surface area (Å²) in [5.74, 6) is -0.740. The van der Waals surface area contributed by atoms with Crippen molar-refractivity contribution < 1.29 is 27.5 Å². The first-order valence-corrected chi connectivity index (χ1v) is 9.07. The first kappa shape index (κ1) is 19.1. The molecule has 9 heteroatoms. The second-order valence-electron chi connectivity index (χ2n) is 7.03. The summed E-state index contributed by atoms with van der Waals surface area (Å²) in [6.45, 7) is 0.691. The van der Waals surface area contributed by atoms with Crippen LogP contribution in [0.4, 0.5) is 30.2 Å². The topological polar surface area (TPSA) is 61.9 Å². The van der Waals surface area contributed by atoms with Gasteiger partial charge in [-0.3, -0.25) is 9.59 Å². The Morgan fingerprint density at radius 3 is 2.66 bits per heavy atom. The van der Waals surface area contributed by atoms with Crippen LogP contribution in [0, 0.1) is 0 Å². The second kappa shape index (κ2) is 6.98. The maximum Gasteiger partial charge on any atom is 0.573 e. The van der Waals surface area contributed by atoms with Gasteiger partial charge in [0.2, 0.25) is 5.91 Å². The van der Waals surface area contributed by atoms with Gasteiger partial charge in [0.05, 0.1) is 17.9 Å². The number of alkyl halides is 3. The molecule has 6 nitrogen and oxygen atoms in total. The molecule has 0 aliphatic carbocycles. The lowest BCUT2D eigenvalue weighted by atomic mass is 10.00. The van der Waals surface area contributed by atoms with Gasteiger partial charge in [-0.15, -0.1) is 13.2 Å². The van der Waals surface area contributed by atoms with Crippen LogP contribution in [0.15, 0.2) is 36.4 Å². The molecule has 0 saturated carbocycles. The summed E-state index contributed by atoms with van der Waals surface area (Å²) in [4.78, 5) is 28.2. The van der Waals surface area contributed by atoms with Crippen LogP contribution in [0.25, 0.3) is 0 Å². The molecule has 4 rings (SSSR count). The third-order valence-corrected chi connectivity index (χ3v) is 4.96. The second-order valence-corrected chi connectivity index (χ2v) is 7.03. The number of hydrogen-bond acceptors (Lipinski definition) is 4. The highest BCUT2D eigenvalue weighted by molar-refractivity contribution is 6.09. The third kappa shape index (κ3) is 3.85. The van der Waals surface area contributed by atoms with Crippen molar-refractivity contribution in [1.82, 2.24) is 0 Å². The minimum Gasteiger partial charge on any atom is -0.406 e. The summed E-state index contributed by atoms with van der Waals surface area (Å²) >= 11 is 0. The summed E-state index contributed by atoms with van der Waals surface area (Å²) in [5.41, 5.74) is 2.95. The maximum absolute atomic E-state index is 13.1. The van der Waals surface area contributed by atoms with Crippen LogP contribution in [0.3, 0.4) is 0 Å². The molecule has 0 unspecified atom stereocenters. The molecule has 2 amide bonds. The molecule has 0 aromatic heterocycles. The van der Waals surface area contributed by atoms with Gasteiger partial charge < -0.3 is 19.9 Å². The first-order chi connectivity index (χ1) is 13.7. The number of ether oxygens (including phenoxy) is 1. The number of anilines is 3. The molecular weight excluding hydrogens is 387 g/mol. The number of nitrogens with one attached hydrogen (secondary N) is 1. The monoisotopic (exact) mass is 405 g/mol. The Bertz CT molecular complexity index is 991. The van der Waals surface area contributed by atoms with Gasteiger partial charge in [-0.25, -0.2) is 0 Å². The van der Waals surface area contributed by atoms with Crippen LogP contribution >= 0.6 is 0 Å². The zero-order valence-corrected chi connectivity index (χ0v) is 15.5. The summed E-state index contributed by atoms with van der Waals surface area (Å²) in [6.07, 6.45) is -3.59. The van der Waals surface area contributed by atoms with Crippen LogP contribution in [-0.2, 0) is 11.2 Å². The van der Waals surface area contributed by atoms with Crippen molar-refractivity contribution >= 4 is 28.9 Å². The van der Waals surface area contributed by atoms with Crippen molar-refractivity contribution in [3.8, 4) is 5.75 Å². The number of fused-ring (bicyclic) bond motifs is 2. The molecule has 2 aromatic rings. The molecule has 0 atom stereocenters. The number of aryl methyl sites for hydroxylation is 1. The quantitative estimate of drug-likeness (QED) is 0.830. The molecule has 2 aliphatic rings. The largest absolute Gasteiger partial charge is 0.573 e. The first-order valence-electron chi connectivity index (χ1n) is 9.07. The van der Waals surface area contributed by atoms with E-state index in [-0.39, 0.29) is 24.1 Å². The highest BCUT2D eigenvalue weighted by Crippen LogP contribution is 2.35. The van der Waals surface area contributed by atoms with Gasteiger partial charge in [0.1, 0.15) is 5.75 Å². The molecule has 1 N–H and O–H groups in total. The predicted octanol–water partition coefficient (Wildman–Crippen LogP) is 3.57. The van der Waals surface area contributed by atoms with E-state index in [0.29, 0.717) is 41.9 Å². The fourth-order valence-electron chi connectivity index (χ4n) is 3.73. The van der Waals surface area contributed by atoms with Gasteiger partial charge in [0.25, 0.3) is 5.91 Å². The van der Waals surface area contributed by atoms with E-state index >= 15 is 0 Å². The fraction of sp³-hybridized carbons (Fsp3) is 0.300. The number of halogens is 3. The Kier molecular flexibility index (Phi) is 4.60. The highest BCUT2D eigenvalue weighted by atomic mass is 19.4. The molecule has 2 aliphatic heterocycles. The van der Waals surface area contributed by atoms with E-state index < -0.39 is 6.36 Å². The molecule has 0 spiro atoms. The van der Waals surface area contributed by atoms with Gasteiger partial charge in [0.15, 0.2) is 0 Å². The SMILES string of the molecule is CN1CC(=O)Nc2cc(C(=O)N3CCCc4cc(OC(F)(F)F)ccc43)ccc21. The summed E-state index contributed by atoms with van der Waals surface area (Å²) in [6, 6.07) is 9.09. The fourth-order valence-corrected chi connectivity index (χ4v) is 3.73. The number of nitrogens with zero attached hydrogens (tertiary/aromatic N) is 2. The maximum atomic E-state index is 13.1. The zero-order valence-electron chi connectivity index (χ0n) is 15.5. The van der Waals surface area contributed by atoms with Gasteiger partial charge in [-0.2, -0.15) is 0 Å². The van der Waals surface area contributed by atoms with Crippen molar-refractivity contribution in [2.75, 3.05) is 35.3 Å². The Balaban J connectivity index is 1.63.